The molecule has 102 valence electrons. The number of nitrogens with two attached hydrogens (primary N) is 1. The number of thioether (sulfide) groups is 1. The Bertz CT molecular complexity index is 376. The Kier molecular flexibility index (Phi) is 4.91. The lowest BCUT2D eigenvalue weighted by molar-refractivity contribution is 0.344. The minimum absolute atomic E-state index is 0.112. The van der Waals surface area contributed by atoms with E-state index in [4.69, 9.17) is 10.6 Å². The van der Waals surface area contributed by atoms with Crippen LogP contribution in [0.5, 0.6) is 5.75 Å². The van der Waals surface area contributed by atoms with E-state index in [9.17, 15) is 0 Å². The van der Waals surface area contributed by atoms with Gasteiger partial charge in [-0.05, 0) is 36.7 Å². The maximum Gasteiger partial charge on any atom is 0.161 e. The molecule has 0 aromatic carbocycles. The molecule has 0 aliphatic carbocycles. The number of hydrazine groups is 1. The highest BCUT2D eigenvalue weighted by Crippen LogP contribution is 2.33. The molecule has 0 bridgehead atoms. The molecular formula is C12H22N4OS. The molecule has 1 fully saturated rings. The molecule has 0 saturated carbocycles. The second-order valence-corrected chi connectivity index (χ2v) is 5.96. The van der Waals surface area contributed by atoms with Crippen LogP contribution >= 0.6 is 11.8 Å². The van der Waals surface area contributed by atoms with Crippen molar-refractivity contribution in [3.63, 3.8) is 0 Å². The summed E-state index contributed by atoms with van der Waals surface area (Å²) in [5, 5.41) is 4.24. The number of methoxy groups -OCH3 is 1. The summed E-state index contributed by atoms with van der Waals surface area (Å²) in [4.78, 5) is 0. The molecule has 0 amide bonds. The molecule has 0 radical (unpaired) electrons. The number of aryl methyl sites for hydroxylation is 1. The normalized spacial score (nSPS) is 18.8. The van der Waals surface area contributed by atoms with Gasteiger partial charge in [0.2, 0.25) is 0 Å². The monoisotopic (exact) mass is 270 g/mol. The summed E-state index contributed by atoms with van der Waals surface area (Å²) in [6, 6.07) is 0.112. The first kappa shape index (κ1) is 13.7. The molecule has 18 heavy (non-hydrogen) atoms. The van der Waals surface area contributed by atoms with E-state index in [0.717, 1.165) is 23.8 Å². The molecular weight excluding hydrogens is 248 g/mol. The summed E-state index contributed by atoms with van der Waals surface area (Å²) in [6.45, 7) is 0. The van der Waals surface area contributed by atoms with Crippen molar-refractivity contribution in [2.24, 2.45) is 18.8 Å². The third-order valence-corrected chi connectivity index (χ3v) is 4.66. The Hall–Kier alpha value is -0.720. The van der Waals surface area contributed by atoms with Gasteiger partial charge in [0.15, 0.2) is 5.75 Å². The van der Waals surface area contributed by atoms with Crippen LogP contribution in [0.3, 0.4) is 0 Å². The molecule has 1 aromatic rings. The van der Waals surface area contributed by atoms with E-state index in [-0.39, 0.29) is 6.04 Å². The first-order chi connectivity index (χ1) is 8.76. The van der Waals surface area contributed by atoms with Gasteiger partial charge in [0.25, 0.3) is 0 Å². The van der Waals surface area contributed by atoms with Gasteiger partial charge in [0, 0.05) is 7.05 Å². The number of hydrogen-bond acceptors (Lipinski definition) is 5. The van der Waals surface area contributed by atoms with Crippen molar-refractivity contribution in [1.29, 1.82) is 0 Å². The lowest BCUT2D eigenvalue weighted by Gasteiger charge is -2.26. The van der Waals surface area contributed by atoms with Crippen molar-refractivity contribution in [2.45, 2.75) is 25.3 Å². The van der Waals surface area contributed by atoms with Crippen LogP contribution in [-0.4, -0.2) is 28.4 Å². The van der Waals surface area contributed by atoms with Crippen LogP contribution in [0.4, 0.5) is 0 Å². The molecule has 1 aliphatic rings. The Morgan fingerprint density at radius 1 is 1.61 bits per heavy atom. The predicted molar refractivity (Wildman–Crippen MR) is 74.5 cm³/mol. The third kappa shape index (κ3) is 2.99. The van der Waals surface area contributed by atoms with Gasteiger partial charge in [0.05, 0.1) is 25.0 Å². The van der Waals surface area contributed by atoms with Crippen molar-refractivity contribution in [3.05, 3.63) is 11.9 Å². The predicted octanol–water partition coefficient (Wildman–Crippen LogP) is 1.47. The van der Waals surface area contributed by atoms with E-state index in [2.05, 4.69) is 10.5 Å². The van der Waals surface area contributed by atoms with E-state index in [1.165, 1.54) is 24.3 Å². The maximum atomic E-state index is 5.72. The van der Waals surface area contributed by atoms with Gasteiger partial charge >= 0.3 is 0 Å². The van der Waals surface area contributed by atoms with Gasteiger partial charge in [-0.15, -0.1) is 0 Å². The second kappa shape index (κ2) is 6.45. The van der Waals surface area contributed by atoms with Gasteiger partial charge < -0.3 is 4.74 Å². The number of aromatic nitrogens is 2. The summed E-state index contributed by atoms with van der Waals surface area (Å²) >= 11 is 2.05. The van der Waals surface area contributed by atoms with E-state index in [1.807, 2.05) is 23.5 Å². The Morgan fingerprint density at radius 2 is 2.33 bits per heavy atom. The highest BCUT2D eigenvalue weighted by molar-refractivity contribution is 7.99. The average molecular weight is 270 g/mol. The second-order valence-electron chi connectivity index (χ2n) is 4.73. The smallest absolute Gasteiger partial charge is 0.161 e. The highest BCUT2D eigenvalue weighted by Gasteiger charge is 2.24. The van der Waals surface area contributed by atoms with Gasteiger partial charge in [-0.1, -0.05) is 0 Å². The van der Waals surface area contributed by atoms with E-state index < -0.39 is 0 Å². The van der Waals surface area contributed by atoms with Crippen molar-refractivity contribution in [2.75, 3.05) is 18.6 Å². The number of nitrogens with zero attached hydrogens (tertiary/aromatic N) is 2. The number of hydrogen-bond donors (Lipinski definition) is 2. The maximum absolute atomic E-state index is 5.72. The average Bonchev–Trinajstić information content (AvgIpc) is 2.78. The lowest BCUT2D eigenvalue weighted by atomic mass is 9.93. The van der Waals surface area contributed by atoms with Crippen LogP contribution in [0.15, 0.2) is 6.20 Å². The Balaban J connectivity index is 2.09. The van der Waals surface area contributed by atoms with Crippen molar-refractivity contribution >= 4 is 11.8 Å². The zero-order valence-corrected chi connectivity index (χ0v) is 11.9. The first-order valence-corrected chi connectivity index (χ1v) is 7.51. The zero-order chi connectivity index (χ0) is 13.0. The van der Waals surface area contributed by atoms with E-state index in [0.29, 0.717) is 0 Å². The van der Waals surface area contributed by atoms with Crippen LogP contribution in [0.1, 0.15) is 31.0 Å². The van der Waals surface area contributed by atoms with Gasteiger partial charge in [-0.3, -0.25) is 16.0 Å². The lowest BCUT2D eigenvalue weighted by Crippen LogP contribution is -2.32. The molecule has 1 aromatic heterocycles. The minimum atomic E-state index is 0.112. The van der Waals surface area contributed by atoms with Crippen LogP contribution in [0.2, 0.25) is 0 Å². The number of rotatable bonds is 5. The topological polar surface area (TPSA) is 65.1 Å². The van der Waals surface area contributed by atoms with Gasteiger partial charge in [-0.2, -0.15) is 16.9 Å². The fourth-order valence-corrected chi connectivity index (χ4v) is 3.76. The molecule has 2 heterocycles. The van der Waals surface area contributed by atoms with Crippen LogP contribution in [-0.2, 0) is 7.05 Å². The molecule has 6 heteroatoms. The molecule has 0 spiro atoms. The summed E-state index contributed by atoms with van der Waals surface area (Å²) in [6.07, 6.45) is 5.36. The van der Waals surface area contributed by atoms with Crippen LogP contribution < -0.4 is 16.0 Å². The van der Waals surface area contributed by atoms with E-state index >= 15 is 0 Å². The van der Waals surface area contributed by atoms with Gasteiger partial charge in [0.1, 0.15) is 0 Å². The number of nitrogens with one attached hydrogen (secondary N) is 1. The quantitative estimate of drug-likeness (QED) is 0.626. The SMILES string of the molecule is COc1cnn(C)c1C(CC1CCSCC1)NN. The molecule has 1 saturated heterocycles. The number of ether oxygens (including phenoxy) is 1. The largest absolute Gasteiger partial charge is 0.493 e. The molecule has 5 nitrogen and oxygen atoms in total. The van der Waals surface area contributed by atoms with Crippen LogP contribution in [0, 0.1) is 5.92 Å². The molecule has 1 aliphatic heterocycles. The minimum Gasteiger partial charge on any atom is -0.493 e. The Morgan fingerprint density at radius 3 is 2.94 bits per heavy atom. The van der Waals surface area contributed by atoms with Crippen molar-refractivity contribution < 1.29 is 4.74 Å². The summed E-state index contributed by atoms with van der Waals surface area (Å²) in [5.41, 5.74) is 3.96. The molecule has 3 N–H and O–H groups in total. The molecule has 1 unspecified atom stereocenters. The summed E-state index contributed by atoms with van der Waals surface area (Å²) in [7, 11) is 3.60. The van der Waals surface area contributed by atoms with Crippen LogP contribution in [0.25, 0.3) is 0 Å². The first-order valence-electron chi connectivity index (χ1n) is 6.36. The fourth-order valence-electron chi connectivity index (χ4n) is 2.56. The van der Waals surface area contributed by atoms with Crippen molar-refractivity contribution in [1.82, 2.24) is 15.2 Å². The van der Waals surface area contributed by atoms with Gasteiger partial charge in [-0.25, -0.2) is 0 Å². The Labute approximate surface area is 112 Å². The molecule has 2 rings (SSSR count). The highest BCUT2D eigenvalue weighted by atomic mass is 32.2. The fraction of sp³-hybridized carbons (Fsp3) is 0.750. The van der Waals surface area contributed by atoms with Crippen molar-refractivity contribution in [3.8, 4) is 5.75 Å². The third-order valence-electron chi connectivity index (χ3n) is 3.61. The zero-order valence-electron chi connectivity index (χ0n) is 11.1. The summed E-state index contributed by atoms with van der Waals surface area (Å²) in [5.74, 6) is 9.81. The summed E-state index contributed by atoms with van der Waals surface area (Å²) < 4.78 is 7.20. The van der Waals surface area contributed by atoms with E-state index in [1.54, 1.807) is 13.3 Å². The standard InChI is InChI=1S/C12H22N4OS/c1-16-12(11(17-2)8-14-16)10(15-13)7-9-3-5-18-6-4-9/h8-10,15H,3-7,13H2,1-2H3. The molecule has 1 atom stereocenters.